The standard InChI is InChI=1S/C15H20N6O2S/c1-5-17-14(16-4)19-10(22)8-21-7-9(3)11-12(13(21)23)24-15(20-11)18-6-2/h5,9H,1,4,6-8H2,2-3H3,(H,18,20)(H,17,19,22). The van der Waals surface area contributed by atoms with Gasteiger partial charge in [0.05, 0.1) is 5.69 Å². The van der Waals surface area contributed by atoms with E-state index in [4.69, 9.17) is 0 Å². The van der Waals surface area contributed by atoms with E-state index >= 15 is 0 Å². The van der Waals surface area contributed by atoms with Gasteiger partial charge in [-0.15, -0.1) is 0 Å². The van der Waals surface area contributed by atoms with Crippen molar-refractivity contribution < 1.29 is 9.59 Å². The van der Waals surface area contributed by atoms with Crippen LogP contribution in [-0.2, 0) is 4.79 Å². The lowest BCUT2D eigenvalue weighted by atomic mass is 10.0. The lowest BCUT2D eigenvalue weighted by Crippen LogP contribution is -2.45. The third-order valence-corrected chi connectivity index (χ3v) is 4.39. The Morgan fingerprint density at radius 3 is 2.96 bits per heavy atom. The van der Waals surface area contributed by atoms with E-state index in [0.29, 0.717) is 11.4 Å². The van der Waals surface area contributed by atoms with Crippen LogP contribution in [0.1, 0.15) is 35.1 Å². The summed E-state index contributed by atoms with van der Waals surface area (Å²) in [5.74, 6) is -0.453. The SMILES string of the molecule is C=CN=C(N=C)NC(=O)CN1CC(C)c2nc(NCC)sc2C1=O. The number of guanidine groups is 1. The smallest absolute Gasteiger partial charge is 0.266 e. The lowest BCUT2D eigenvalue weighted by molar-refractivity contribution is -0.120. The first-order valence-corrected chi connectivity index (χ1v) is 8.30. The number of carbonyl (C=O) groups excluding carboxylic acids is 2. The molecule has 2 amide bonds. The summed E-state index contributed by atoms with van der Waals surface area (Å²) in [7, 11) is 0. The fourth-order valence-electron chi connectivity index (χ4n) is 2.36. The number of nitrogens with zero attached hydrogens (tertiary/aromatic N) is 4. The topological polar surface area (TPSA) is 99.1 Å². The van der Waals surface area contributed by atoms with Gasteiger partial charge in [-0.25, -0.2) is 15.0 Å². The second kappa shape index (κ2) is 7.82. The van der Waals surface area contributed by atoms with Gasteiger partial charge in [0.25, 0.3) is 5.91 Å². The van der Waals surface area contributed by atoms with E-state index < -0.39 is 0 Å². The zero-order valence-electron chi connectivity index (χ0n) is 13.7. The number of rotatable bonds is 5. The number of anilines is 1. The summed E-state index contributed by atoms with van der Waals surface area (Å²) in [6.45, 7) is 11.8. The van der Waals surface area contributed by atoms with Crippen LogP contribution in [0, 0.1) is 0 Å². The Morgan fingerprint density at radius 1 is 1.58 bits per heavy atom. The molecule has 0 radical (unpaired) electrons. The summed E-state index contributed by atoms with van der Waals surface area (Å²) in [5.41, 5.74) is 0.791. The minimum absolute atomic E-state index is 0.0559. The molecule has 2 rings (SSSR count). The van der Waals surface area contributed by atoms with E-state index in [1.54, 1.807) is 0 Å². The molecular weight excluding hydrogens is 328 g/mol. The minimum atomic E-state index is -0.386. The zero-order valence-corrected chi connectivity index (χ0v) is 14.5. The van der Waals surface area contributed by atoms with Crippen molar-refractivity contribution >= 4 is 41.0 Å². The van der Waals surface area contributed by atoms with Crippen LogP contribution in [-0.4, -0.2) is 54.0 Å². The largest absolute Gasteiger partial charge is 0.362 e. The lowest BCUT2D eigenvalue weighted by Gasteiger charge is -2.29. The molecule has 0 aromatic carbocycles. The first-order valence-electron chi connectivity index (χ1n) is 7.49. The van der Waals surface area contributed by atoms with Gasteiger partial charge >= 0.3 is 0 Å². The van der Waals surface area contributed by atoms with Crippen LogP contribution in [0.2, 0.25) is 0 Å². The molecule has 128 valence electrons. The Kier molecular flexibility index (Phi) is 5.80. The summed E-state index contributed by atoms with van der Waals surface area (Å²) in [6, 6.07) is 0. The molecule has 1 atom stereocenters. The molecule has 9 heteroatoms. The maximum absolute atomic E-state index is 12.6. The number of amides is 2. The van der Waals surface area contributed by atoms with Crippen molar-refractivity contribution in [1.29, 1.82) is 0 Å². The van der Waals surface area contributed by atoms with Crippen LogP contribution in [0.15, 0.2) is 22.8 Å². The fourth-order valence-corrected chi connectivity index (χ4v) is 3.48. The second-order valence-corrected chi connectivity index (χ2v) is 6.19. The normalized spacial score (nSPS) is 17.2. The summed E-state index contributed by atoms with van der Waals surface area (Å²) in [4.78, 5) is 38.6. The van der Waals surface area contributed by atoms with Crippen molar-refractivity contribution in [3.8, 4) is 0 Å². The molecular formula is C15H20N6O2S. The van der Waals surface area contributed by atoms with Gasteiger partial charge < -0.3 is 10.2 Å². The Hall–Kier alpha value is -2.55. The second-order valence-electron chi connectivity index (χ2n) is 5.19. The van der Waals surface area contributed by atoms with E-state index in [1.165, 1.54) is 22.4 Å². The van der Waals surface area contributed by atoms with E-state index in [-0.39, 0.29) is 30.2 Å². The van der Waals surface area contributed by atoms with Gasteiger partial charge in [-0.1, -0.05) is 24.8 Å². The van der Waals surface area contributed by atoms with Crippen molar-refractivity contribution in [3.63, 3.8) is 0 Å². The van der Waals surface area contributed by atoms with Crippen LogP contribution in [0.25, 0.3) is 0 Å². The van der Waals surface area contributed by atoms with Gasteiger partial charge in [-0.2, -0.15) is 0 Å². The van der Waals surface area contributed by atoms with Gasteiger partial charge in [0.15, 0.2) is 5.13 Å². The van der Waals surface area contributed by atoms with Gasteiger partial charge in [-0.3, -0.25) is 14.9 Å². The predicted molar refractivity (Wildman–Crippen MR) is 95.9 cm³/mol. The molecule has 8 nitrogen and oxygen atoms in total. The number of fused-ring (bicyclic) bond motifs is 1. The Morgan fingerprint density at radius 2 is 2.33 bits per heavy atom. The highest BCUT2D eigenvalue weighted by atomic mass is 32.1. The summed E-state index contributed by atoms with van der Waals surface area (Å²) >= 11 is 1.32. The van der Waals surface area contributed by atoms with Gasteiger partial charge in [-0.05, 0) is 13.6 Å². The average Bonchev–Trinajstić information content (AvgIpc) is 2.97. The molecule has 0 saturated carbocycles. The van der Waals surface area contributed by atoms with Crippen molar-refractivity contribution in [1.82, 2.24) is 15.2 Å². The van der Waals surface area contributed by atoms with Crippen LogP contribution < -0.4 is 10.6 Å². The monoisotopic (exact) mass is 348 g/mol. The molecule has 1 aromatic rings. The number of hydrogen-bond acceptors (Lipinski definition) is 6. The van der Waals surface area contributed by atoms with Crippen molar-refractivity contribution in [2.24, 2.45) is 9.98 Å². The molecule has 0 aliphatic carbocycles. The number of aromatic nitrogens is 1. The first kappa shape index (κ1) is 17.8. The van der Waals surface area contributed by atoms with Gasteiger partial charge in [0.2, 0.25) is 11.9 Å². The molecule has 2 heterocycles. The third kappa shape index (κ3) is 3.85. The third-order valence-electron chi connectivity index (χ3n) is 3.37. The molecule has 2 N–H and O–H groups in total. The Labute approximate surface area is 144 Å². The van der Waals surface area contributed by atoms with Crippen molar-refractivity contribution in [2.45, 2.75) is 19.8 Å². The molecule has 0 saturated heterocycles. The van der Waals surface area contributed by atoms with Crippen molar-refractivity contribution in [3.05, 3.63) is 23.3 Å². The predicted octanol–water partition coefficient (Wildman–Crippen LogP) is 1.45. The van der Waals surface area contributed by atoms with E-state index in [0.717, 1.165) is 17.4 Å². The molecule has 0 fully saturated rings. The van der Waals surface area contributed by atoms with Gasteiger partial charge in [0, 0.05) is 25.2 Å². The van der Waals surface area contributed by atoms with E-state index in [2.05, 4.69) is 38.9 Å². The van der Waals surface area contributed by atoms with Crippen LogP contribution in [0.3, 0.4) is 0 Å². The average molecular weight is 348 g/mol. The van der Waals surface area contributed by atoms with Crippen LogP contribution in [0.4, 0.5) is 5.13 Å². The zero-order chi connectivity index (χ0) is 17.7. The quantitative estimate of drug-likeness (QED) is 0.621. The van der Waals surface area contributed by atoms with E-state index in [9.17, 15) is 9.59 Å². The first-order chi connectivity index (χ1) is 11.5. The molecule has 1 aliphatic heterocycles. The molecule has 24 heavy (non-hydrogen) atoms. The Bertz CT molecular complexity index is 696. The Balaban J connectivity index is 2.11. The minimum Gasteiger partial charge on any atom is -0.362 e. The summed E-state index contributed by atoms with van der Waals surface area (Å²) in [6.07, 6.45) is 1.25. The molecule has 0 spiro atoms. The highest BCUT2D eigenvalue weighted by Crippen LogP contribution is 2.33. The number of thiazole rings is 1. The van der Waals surface area contributed by atoms with Crippen LogP contribution >= 0.6 is 11.3 Å². The molecule has 0 bridgehead atoms. The number of aliphatic imine (C=N–C) groups is 2. The highest BCUT2D eigenvalue weighted by molar-refractivity contribution is 7.17. The number of nitrogens with one attached hydrogen (secondary N) is 2. The maximum Gasteiger partial charge on any atom is 0.266 e. The van der Waals surface area contributed by atoms with E-state index in [1.807, 2.05) is 13.8 Å². The summed E-state index contributed by atoms with van der Waals surface area (Å²) < 4.78 is 0. The fraction of sp³-hybridized carbons (Fsp3) is 0.400. The maximum atomic E-state index is 12.6. The number of carbonyl (C=O) groups is 2. The van der Waals surface area contributed by atoms with Crippen molar-refractivity contribution in [2.75, 3.05) is 25.0 Å². The number of hydrogen-bond donors (Lipinski definition) is 2. The molecule has 1 aliphatic rings. The van der Waals surface area contributed by atoms with Gasteiger partial charge in [0.1, 0.15) is 11.4 Å². The molecule has 1 aromatic heterocycles. The highest BCUT2D eigenvalue weighted by Gasteiger charge is 2.33. The molecule has 1 unspecified atom stereocenters. The van der Waals surface area contributed by atoms with Crippen LogP contribution in [0.5, 0.6) is 0 Å². The summed E-state index contributed by atoms with van der Waals surface area (Å²) in [5, 5.41) is 6.34.